The molecule has 8 nitrogen and oxygen atoms in total. The van der Waals surface area contributed by atoms with Crippen LogP contribution in [0, 0.1) is 11.8 Å². The number of benzene rings is 1. The van der Waals surface area contributed by atoms with Crippen LogP contribution in [0.15, 0.2) is 42.7 Å². The molecule has 0 aliphatic heterocycles. The van der Waals surface area contributed by atoms with Crippen molar-refractivity contribution in [3.63, 3.8) is 0 Å². The molecule has 1 unspecified atom stereocenters. The number of anilines is 2. The summed E-state index contributed by atoms with van der Waals surface area (Å²) in [7, 11) is 0. The summed E-state index contributed by atoms with van der Waals surface area (Å²) < 4.78 is 1.56. The van der Waals surface area contributed by atoms with E-state index in [0.717, 1.165) is 0 Å². The number of carboxylic acids is 1. The first-order chi connectivity index (χ1) is 12.9. The molecule has 1 aromatic heterocycles. The summed E-state index contributed by atoms with van der Waals surface area (Å²) in [6.07, 6.45) is 4.78. The molecule has 0 spiro atoms. The van der Waals surface area contributed by atoms with Crippen LogP contribution in [0.25, 0.3) is 0 Å². The van der Waals surface area contributed by atoms with E-state index in [1.54, 1.807) is 54.3 Å². The number of nitrogens with zero attached hydrogens (tertiary/aromatic N) is 2. The van der Waals surface area contributed by atoms with Crippen molar-refractivity contribution in [1.29, 1.82) is 0 Å². The number of carbonyl (C=O) groups excluding carboxylic acids is 2. The minimum atomic E-state index is -0.846. The molecule has 1 aromatic carbocycles. The highest BCUT2D eigenvalue weighted by Crippen LogP contribution is 2.32. The van der Waals surface area contributed by atoms with Crippen molar-refractivity contribution in [3.05, 3.63) is 42.7 Å². The van der Waals surface area contributed by atoms with E-state index in [1.165, 1.54) is 0 Å². The third-order valence-electron chi connectivity index (χ3n) is 4.85. The third kappa shape index (κ3) is 4.52. The molecule has 1 heterocycles. The highest BCUT2D eigenvalue weighted by molar-refractivity contribution is 5.96. The Labute approximate surface area is 156 Å². The number of hydrogen-bond acceptors (Lipinski definition) is 4. The molecule has 1 aliphatic carbocycles. The molecular formula is C19H22N4O4. The SMILES string of the molecule is CC(C(=O)Nc1cccc(NC(=O)[C@@H]2CC[C@H](C(=O)O)C2)c1)n1cccn1. The van der Waals surface area contributed by atoms with Crippen molar-refractivity contribution >= 4 is 29.2 Å². The summed E-state index contributed by atoms with van der Waals surface area (Å²) in [6, 6.07) is 8.16. The molecule has 0 bridgehead atoms. The predicted molar refractivity (Wildman–Crippen MR) is 99.1 cm³/mol. The lowest BCUT2D eigenvalue weighted by atomic mass is 10.0. The summed E-state index contributed by atoms with van der Waals surface area (Å²) in [5.41, 5.74) is 1.12. The minimum Gasteiger partial charge on any atom is -0.481 e. The fourth-order valence-electron chi connectivity index (χ4n) is 3.24. The Morgan fingerprint density at radius 2 is 1.85 bits per heavy atom. The van der Waals surface area contributed by atoms with Gasteiger partial charge in [-0.3, -0.25) is 19.1 Å². The van der Waals surface area contributed by atoms with Crippen molar-refractivity contribution in [1.82, 2.24) is 9.78 Å². The molecule has 1 saturated carbocycles. The first-order valence-corrected chi connectivity index (χ1v) is 8.87. The van der Waals surface area contributed by atoms with Gasteiger partial charge in [-0.2, -0.15) is 5.10 Å². The molecule has 0 saturated heterocycles. The number of carboxylic acid groups (broad SMARTS) is 1. The van der Waals surface area contributed by atoms with Gasteiger partial charge in [0.1, 0.15) is 6.04 Å². The second-order valence-electron chi connectivity index (χ2n) is 6.77. The lowest BCUT2D eigenvalue weighted by molar-refractivity contribution is -0.141. The monoisotopic (exact) mass is 370 g/mol. The molecule has 142 valence electrons. The first kappa shape index (κ1) is 18.6. The maximum absolute atomic E-state index is 12.4. The predicted octanol–water partition coefficient (Wildman–Crippen LogP) is 2.52. The van der Waals surface area contributed by atoms with Crippen molar-refractivity contribution in [2.24, 2.45) is 11.8 Å². The van der Waals surface area contributed by atoms with Crippen LogP contribution in [-0.4, -0.2) is 32.7 Å². The standard InChI is InChI=1S/C19H22N4O4/c1-12(23-9-3-8-20-23)17(24)21-15-4-2-5-16(11-15)22-18(25)13-6-7-14(10-13)19(26)27/h2-5,8-9,11-14H,6-7,10H2,1H3,(H,21,24)(H,22,25)(H,26,27)/t12?,13-,14+/m1/s1. The van der Waals surface area contributed by atoms with Gasteiger partial charge < -0.3 is 15.7 Å². The Kier molecular flexibility index (Phi) is 5.54. The maximum Gasteiger partial charge on any atom is 0.306 e. The lowest BCUT2D eigenvalue weighted by Gasteiger charge is -2.14. The van der Waals surface area contributed by atoms with Crippen LogP contribution in [0.4, 0.5) is 11.4 Å². The van der Waals surface area contributed by atoms with E-state index >= 15 is 0 Å². The van der Waals surface area contributed by atoms with Crippen LogP contribution in [0.3, 0.4) is 0 Å². The van der Waals surface area contributed by atoms with Crippen molar-refractivity contribution in [3.8, 4) is 0 Å². The van der Waals surface area contributed by atoms with Crippen LogP contribution >= 0.6 is 0 Å². The molecule has 3 atom stereocenters. The number of hydrogen-bond donors (Lipinski definition) is 3. The van der Waals surface area contributed by atoms with E-state index in [4.69, 9.17) is 5.11 Å². The number of carbonyl (C=O) groups is 3. The van der Waals surface area contributed by atoms with Gasteiger partial charge in [-0.15, -0.1) is 0 Å². The Morgan fingerprint density at radius 3 is 2.48 bits per heavy atom. The number of amides is 2. The second kappa shape index (κ2) is 8.03. The van der Waals surface area contributed by atoms with E-state index in [-0.39, 0.29) is 17.7 Å². The Bertz CT molecular complexity index is 834. The fraction of sp³-hybridized carbons (Fsp3) is 0.368. The summed E-state index contributed by atoms with van der Waals surface area (Å²) in [6.45, 7) is 1.74. The minimum absolute atomic E-state index is 0.188. The molecule has 2 aromatic rings. The van der Waals surface area contributed by atoms with Crippen LogP contribution in [0.2, 0.25) is 0 Å². The van der Waals surface area contributed by atoms with Crippen LogP contribution < -0.4 is 10.6 Å². The summed E-state index contributed by atoms with van der Waals surface area (Å²) in [5.74, 6) is -2.00. The Balaban J connectivity index is 1.59. The fourth-order valence-corrected chi connectivity index (χ4v) is 3.24. The zero-order valence-corrected chi connectivity index (χ0v) is 15.0. The summed E-state index contributed by atoms with van der Waals surface area (Å²) in [4.78, 5) is 35.8. The molecular weight excluding hydrogens is 348 g/mol. The number of aliphatic carboxylic acids is 1. The van der Waals surface area contributed by atoms with E-state index in [0.29, 0.717) is 30.6 Å². The Morgan fingerprint density at radius 1 is 1.15 bits per heavy atom. The molecule has 3 rings (SSSR count). The van der Waals surface area contributed by atoms with Gasteiger partial charge in [0.15, 0.2) is 0 Å². The molecule has 1 aliphatic rings. The van der Waals surface area contributed by atoms with E-state index in [2.05, 4.69) is 15.7 Å². The van der Waals surface area contributed by atoms with Gasteiger partial charge in [0.25, 0.3) is 0 Å². The summed E-state index contributed by atoms with van der Waals surface area (Å²) >= 11 is 0. The van der Waals surface area contributed by atoms with Crippen LogP contribution in [0.1, 0.15) is 32.2 Å². The number of nitrogens with one attached hydrogen (secondary N) is 2. The zero-order chi connectivity index (χ0) is 19.4. The average Bonchev–Trinajstić information content (AvgIpc) is 3.33. The van der Waals surface area contributed by atoms with Crippen LogP contribution in [0.5, 0.6) is 0 Å². The van der Waals surface area contributed by atoms with E-state index in [9.17, 15) is 14.4 Å². The average molecular weight is 370 g/mol. The van der Waals surface area contributed by atoms with Gasteiger partial charge in [0, 0.05) is 29.7 Å². The van der Waals surface area contributed by atoms with Crippen molar-refractivity contribution in [2.75, 3.05) is 10.6 Å². The number of rotatable bonds is 6. The normalized spacial score (nSPS) is 20.0. The maximum atomic E-state index is 12.4. The molecule has 3 N–H and O–H groups in total. The van der Waals surface area contributed by atoms with Gasteiger partial charge >= 0.3 is 5.97 Å². The smallest absolute Gasteiger partial charge is 0.306 e. The van der Waals surface area contributed by atoms with Gasteiger partial charge in [-0.25, -0.2) is 0 Å². The number of aromatic nitrogens is 2. The topological polar surface area (TPSA) is 113 Å². The molecule has 1 fully saturated rings. The first-order valence-electron chi connectivity index (χ1n) is 8.87. The van der Waals surface area contributed by atoms with E-state index in [1.807, 2.05) is 0 Å². The third-order valence-corrected chi connectivity index (χ3v) is 4.85. The van der Waals surface area contributed by atoms with Gasteiger partial charge in [-0.1, -0.05) is 6.07 Å². The lowest BCUT2D eigenvalue weighted by Crippen LogP contribution is -2.24. The highest BCUT2D eigenvalue weighted by atomic mass is 16.4. The van der Waals surface area contributed by atoms with E-state index < -0.39 is 17.9 Å². The molecule has 27 heavy (non-hydrogen) atoms. The molecule has 8 heteroatoms. The van der Waals surface area contributed by atoms with Crippen molar-refractivity contribution in [2.45, 2.75) is 32.2 Å². The van der Waals surface area contributed by atoms with Crippen molar-refractivity contribution < 1.29 is 19.5 Å². The quantitative estimate of drug-likeness (QED) is 0.723. The van der Waals surface area contributed by atoms with Gasteiger partial charge in [0.2, 0.25) is 11.8 Å². The van der Waals surface area contributed by atoms with Gasteiger partial charge in [-0.05, 0) is 50.5 Å². The zero-order valence-electron chi connectivity index (χ0n) is 15.0. The summed E-state index contributed by atoms with van der Waals surface area (Å²) in [5, 5.41) is 18.7. The second-order valence-corrected chi connectivity index (χ2v) is 6.77. The van der Waals surface area contributed by atoms with Crippen LogP contribution in [-0.2, 0) is 14.4 Å². The largest absolute Gasteiger partial charge is 0.481 e. The highest BCUT2D eigenvalue weighted by Gasteiger charge is 2.33. The van der Waals surface area contributed by atoms with Gasteiger partial charge in [0.05, 0.1) is 5.92 Å². The molecule has 2 amide bonds. The Hall–Kier alpha value is -3.16. The molecule has 0 radical (unpaired) electrons.